The van der Waals surface area contributed by atoms with Gasteiger partial charge in [-0.05, 0) is 37.5 Å². The first kappa shape index (κ1) is 18.6. The molecular formula is C19H31N3O2. The van der Waals surface area contributed by atoms with Crippen molar-refractivity contribution in [2.45, 2.75) is 51.6 Å². The average molecular weight is 333 g/mol. The van der Waals surface area contributed by atoms with Crippen molar-refractivity contribution < 1.29 is 9.90 Å². The highest BCUT2D eigenvalue weighted by Gasteiger charge is 2.18. The molecule has 0 radical (unpaired) electrons. The lowest BCUT2D eigenvalue weighted by Gasteiger charge is -2.33. The summed E-state index contributed by atoms with van der Waals surface area (Å²) in [7, 11) is 2.18. The topological polar surface area (TPSA) is 55.8 Å². The largest absolute Gasteiger partial charge is 0.395 e. The van der Waals surface area contributed by atoms with Crippen molar-refractivity contribution in [2.24, 2.45) is 0 Å². The van der Waals surface area contributed by atoms with Gasteiger partial charge in [0.2, 0.25) is 0 Å². The normalized spacial score (nSPS) is 15.1. The molecule has 0 spiro atoms. The number of carbonyl (C=O) groups is 1. The number of aliphatic hydroxyl groups is 1. The molecule has 0 atom stereocenters. The lowest BCUT2D eigenvalue weighted by Crippen LogP contribution is -2.41. The Morgan fingerprint density at radius 3 is 2.46 bits per heavy atom. The van der Waals surface area contributed by atoms with E-state index in [9.17, 15) is 4.79 Å². The van der Waals surface area contributed by atoms with Crippen LogP contribution in [0, 0.1) is 0 Å². The molecule has 1 aromatic rings. The van der Waals surface area contributed by atoms with Crippen LogP contribution in [-0.4, -0.2) is 48.8 Å². The fourth-order valence-electron chi connectivity index (χ4n) is 3.34. The maximum atomic E-state index is 12.0. The SMILES string of the molecule is CCN(CCO)C(=O)NCc1ccc(N(C)C2CCCCC2)cc1. The quantitative estimate of drug-likeness (QED) is 0.806. The fourth-order valence-corrected chi connectivity index (χ4v) is 3.34. The number of likely N-dealkylation sites (N-methyl/N-ethyl adjacent to an activating group) is 1. The highest BCUT2D eigenvalue weighted by atomic mass is 16.3. The van der Waals surface area contributed by atoms with E-state index in [1.807, 2.05) is 6.92 Å². The van der Waals surface area contributed by atoms with Crippen LogP contribution in [-0.2, 0) is 6.54 Å². The molecule has 134 valence electrons. The first-order chi connectivity index (χ1) is 11.7. The van der Waals surface area contributed by atoms with Gasteiger partial charge in [0.1, 0.15) is 0 Å². The molecule has 0 saturated heterocycles. The third-order valence-corrected chi connectivity index (χ3v) is 4.95. The number of nitrogens with one attached hydrogen (secondary N) is 1. The second kappa shape index (κ2) is 9.52. The predicted octanol–water partition coefficient (Wildman–Crippen LogP) is 2.98. The van der Waals surface area contributed by atoms with Crippen molar-refractivity contribution in [2.75, 3.05) is 31.6 Å². The minimum Gasteiger partial charge on any atom is -0.395 e. The summed E-state index contributed by atoms with van der Waals surface area (Å²) in [5, 5.41) is 11.9. The summed E-state index contributed by atoms with van der Waals surface area (Å²) in [6, 6.07) is 8.97. The highest BCUT2D eigenvalue weighted by molar-refractivity contribution is 5.74. The molecule has 0 unspecified atom stereocenters. The van der Waals surface area contributed by atoms with Crippen LogP contribution in [0.15, 0.2) is 24.3 Å². The average Bonchev–Trinajstić information content (AvgIpc) is 2.64. The van der Waals surface area contributed by atoms with E-state index in [-0.39, 0.29) is 12.6 Å². The zero-order valence-electron chi connectivity index (χ0n) is 15.0. The summed E-state index contributed by atoms with van der Waals surface area (Å²) in [4.78, 5) is 16.0. The Labute approximate surface area is 145 Å². The lowest BCUT2D eigenvalue weighted by atomic mass is 9.94. The molecule has 2 amide bonds. The van der Waals surface area contributed by atoms with E-state index in [0.29, 0.717) is 25.7 Å². The molecule has 2 N–H and O–H groups in total. The molecule has 1 fully saturated rings. The molecule has 1 aliphatic carbocycles. The molecule has 24 heavy (non-hydrogen) atoms. The Morgan fingerprint density at radius 1 is 1.21 bits per heavy atom. The van der Waals surface area contributed by atoms with Gasteiger partial charge in [0, 0.05) is 38.4 Å². The summed E-state index contributed by atoms with van der Waals surface area (Å²) < 4.78 is 0. The minimum absolute atomic E-state index is 0.0105. The first-order valence-electron chi connectivity index (χ1n) is 9.11. The Balaban J connectivity index is 1.86. The van der Waals surface area contributed by atoms with Gasteiger partial charge in [-0.2, -0.15) is 0 Å². The molecule has 0 heterocycles. The number of aliphatic hydroxyl groups excluding tert-OH is 1. The van der Waals surface area contributed by atoms with E-state index >= 15 is 0 Å². The number of benzene rings is 1. The number of hydrogen-bond donors (Lipinski definition) is 2. The molecule has 1 aliphatic rings. The third-order valence-electron chi connectivity index (χ3n) is 4.95. The van der Waals surface area contributed by atoms with Crippen molar-refractivity contribution >= 4 is 11.7 Å². The number of hydrogen-bond acceptors (Lipinski definition) is 3. The van der Waals surface area contributed by atoms with Crippen LogP contribution in [0.4, 0.5) is 10.5 Å². The van der Waals surface area contributed by atoms with Gasteiger partial charge in [-0.25, -0.2) is 4.79 Å². The Morgan fingerprint density at radius 2 is 1.88 bits per heavy atom. The Hall–Kier alpha value is -1.75. The molecule has 5 nitrogen and oxygen atoms in total. The molecule has 2 rings (SSSR count). The van der Waals surface area contributed by atoms with Gasteiger partial charge in [0.15, 0.2) is 0 Å². The highest BCUT2D eigenvalue weighted by Crippen LogP contribution is 2.26. The standard InChI is InChI=1S/C19H31N3O2/c1-3-22(13-14-23)19(24)20-15-16-9-11-18(12-10-16)21(2)17-7-5-4-6-8-17/h9-12,17,23H,3-8,13-15H2,1-2H3,(H,20,24). The number of amides is 2. The van der Waals surface area contributed by atoms with Crippen LogP contribution >= 0.6 is 0 Å². The second-order valence-electron chi connectivity index (χ2n) is 6.53. The summed E-state index contributed by atoms with van der Waals surface area (Å²) in [5.74, 6) is 0. The van der Waals surface area contributed by atoms with Crippen molar-refractivity contribution in [3.63, 3.8) is 0 Å². The minimum atomic E-state index is -0.130. The van der Waals surface area contributed by atoms with Gasteiger partial charge in [-0.3, -0.25) is 0 Å². The van der Waals surface area contributed by atoms with E-state index in [2.05, 4.69) is 41.5 Å². The van der Waals surface area contributed by atoms with Gasteiger partial charge in [0.05, 0.1) is 6.61 Å². The molecule has 0 aliphatic heterocycles. The number of urea groups is 1. The van der Waals surface area contributed by atoms with Crippen LogP contribution < -0.4 is 10.2 Å². The molecular weight excluding hydrogens is 302 g/mol. The van der Waals surface area contributed by atoms with E-state index in [0.717, 1.165) is 5.56 Å². The van der Waals surface area contributed by atoms with E-state index < -0.39 is 0 Å². The summed E-state index contributed by atoms with van der Waals surface area (Å²) >= 11 is 0. The van der Waals surface area contributed by atoms with Gasteiger partial charge < -0.3 is 20.2 Å². The van der Waals surface area contributed by atoms with Gasteiger partial charge >= 0.3 is 6.03 Å². The fraction of sp³-hybridized carbons (Fsp3) is 0.632. The zero-order chi connectivity index (χ0) is 17.4. The lowest BCUT2D eigenvalue weighted by molar-refractivity contribution is 0.180. The molecule has 1 saturated carbocycles. The van der Waals surface area contributed by atoms with Crippen molar-refractivity contribution in [1.82, 2.24) is 10.2 Å². The maximum absolute atomic E-state index is 12.0. The van der Waals surface area contributed by atoms with Gasteiger partial charge in [0.25, 0.3) is 0 Å². The second-order valence-corrected chi connectivity index (χ2v) is 6.53. The number of anilines is 1. The summed E-state index contributed by atoms with van der Waals surface area (Å²) in [6.07, 6.45) is 6.61. The zero-order valence-corrected chi connectivity index (χ0v) is 15.0. The summed E-state index contributed by atoms with van der Waals surface area (Å²) in [5.41, 5.74) is 2.33. The van der Waals surface area contributed by atoms with Crippen molar-refractivity contribution in [3.8, 4) is 0 Å². The monoisotopic (exact) mass is 333 g/mol. The molecule has 1 aromatic carbocycles. The van der Waals surface area contributed by atoms with E-state index in [1.165, 1.54) is 37.8 Å². The predicted molar refractivity (Wildman–Crippen MR) is 98.3 cm³/mol. The Kier molecular flexibility index (Phi) is 7.37. The smallest absolute Gasteiger partial charge is 0.317 e. The number of nitrogens with zero attached hydrogens (tertiary/aromatic N) is 2. The first-order valence-corrected chi connectivity index (χ1v) is 9.11. The Bertz CT molecular complexity index is 498. The van der Waals surface area contributed by atoms with Crippen LogP contribution in [0.2, 0.25) is 0 Å². The number of rotatable bonds is 7. The van der Waals surface area contributed by atoms with E-state index in [1.54, 1.807) is 4.90 Å². The van der Waals surface area contributed by atoms with Gasteiger partial charge in [-0.15, -0.1) is 0 Å². The maximum Gasteiger partial charge on any atom is 0.317 e. The van der Waals surface area contributed by atoms with Gasteiger partial charge in [-0.1, -0.05) is 31.4 Å². The molecule has 0 bridgehead atoms. The van der Waals surface area contributed by atoms with Crippen LogP contribution in [0.1, 0.15) is 44.6 Å². The molecule has 5 heteroatoms. The summed E-state index contributed by atoms with van der Waals surface area (Å²) in [6.45, 7) is 3.37. The van der Waals surface area contributed by atoms with Crippen molar-refractivity contribution in [3.05, 3.63) is 29.8 Å². The molecule has 0 aromatic heterocycles. The number of carbonyl (C=O) groups excluding carboxylic acids is 1. The van der Waals surface area contributed by atoms with Crippen LogP contribution in [0.5, 0.6) is 0 Å². The third kappa shape index (κ3) is 5.13. The van der Waals surface area contributed by atoms with Crippen LogP contribution in [0.25, 0.3) is 0 Å². The van der Waals surface area contributed by atoms with Crippen LogP contribution in [0.3, 0.4) is 0 Å². The van der Waals surface area contributed by atoms with Crippen molar-refractivity contribution in [1.29, 1.82) is 0 Å². The van der Waals surface area contributed by atoms with E-state index in [4.69, 9.17) is 5.11 Å².